The fourth-order valence-corrected chi connectivity index (χ4v) is 6.97. The molecule has 2 aromatic heterocycles. The summed E-state index contributed by atoms with van der Waals surface area (Å²) in [5.41, 5.74) is 11.3. The van der Waals surface area contributed by atoms with E-state index in [0.717, 1.165) is 59.9 Å². The standard InChI is InChI=1S/C38H26BrN3/c1-38(2)32-12-6-5-10-27(32)28-15-14-24(20-33(28)38)37-41-35-21-23(25-8-7-19-40-22-25)13-16-31(35)36(42-37)30-17-18-34(39)29-11-4-3-9-26(29)30/h3-22H,1-2H3. The van der Waals surface area contributed by atoms with E-state index in [1.165, 1.54) is 22.3 Å². The molecule has 0 amide bonds. The van der Waals surface area contributed by atoms with E-state index in [2.05, 4.69) is 138 Å². The lowest BCUT2D eigenvalue weighted by Crippen LogP contribution is -2.15. The van der Waals surface area contributed by atoms with E-state index in [4.69, 9.17) is 9.97 Å². The Morgan fingerprint density at radius 3 is 2.19 bits per heavy atom. The van der Waals surface area contributed by atoms with Crippen molar-refractivity contribution >= 4 is 37.6 Å². The van der Waals surface area contributed by atoms with Gasteiger partial charge in [0.1, 0.15) is 0 Å². The van der Waals surface area contributed by atoms with Gasteiger partial charge in [0, 0.05) is 44.4 Å². The summed E-state index contributed by atoms with van der Waals surface area (Å²) in [6.45, 7) is 4.62. The predicted molar refractivity (Wildman–Crippen MR) is 176 cm³/mol. The summed E-state index contributed by atoms with van der Waals surface area (Å²) >= 11 is 3.75. The van der Waals surface area contributed by atoms with E-state index in [-0.39, 0.29) is 5.41 Å². The minimum atomic E-state index is -0.100. The van der Waals surface area contributed by atoms with Crippen molar-refractivity contribution in [3.05, 3.63) is 137 Å². The number of benzene rings is 5. The molecule has 0 saturated heterocycles. The zero-order valence-corrected chi connectivity index (χ0v) is 24.9. The number of rotatable bonds is 3. The Bertz CT molecular complexity index is 2180. The van der Waals surface area contributed by atoms with Gasteiger partial charge in [-0.05, 0) is 68.9 Å². The third-order valence-electron chi connectivity index (χ3n) is 8.66. The zero-order valence-electron chi connectivity index (χ0n) is 23.3. The second-order valence-corrected chi connectivity index (χ2v) is 12.3. The van der Waals surface area contributed by atoms with Crippen LogP contribution in [0.15, 0.2) is 126 Å². The van der Waals surface area contributed by atoms with Gasteiger partial charge in [0.2, 0.25) is 0 Å². The summed E-state index contributed by atoms with van der Waals surface area (Å²) in [4.78, 5) is 14.8. The molecular formula is C38H26BrN3. The van der Waals surface area contributed by atoms with E-state index in [9.17, 15) is 0 Å². The fourth-order valence-electron chi connectivity index (χ4n) is 6.49. The van der Waals surface area contributed by atoms with Gasteiger partial charge in [-0.3, -0.25) is 4.98 Å². The van der Waals surface area contributed by atoms with Crippen molar-refractivity contribution in [3.63, 3.8) is 0 Å². The quantitative estimate of drug-likeness (QED) is 0.201. The number of fused-ring (bicyclic) bond motifs is 5. The van der Waals surface area contributed by atoms with E-state index in [0.29, 0.717) is 0 Å². The van der Waals surface area contributed by atoms with Crippen molar-refractivity contribution in [2.45, 2.75) is 19.3 Å². The van der Waals surface area contributed by atoms with E-state index >= 15 is 0 Å². The van der Waals surface area contributed by atoms with Gasteiger partial charge in [0.25, 0.3) is 0 Å². The molecule has 0 bridgehead atoms. The van der Waals surface area contributed by atoms with Crippen LogP contribution in [0.4, 0.5) is 0 Å². The summed E-state index contributed by atoms with van der Waals surface area (Å²) in [5, 5.41) is 3.33. The number of nitrogens with zero attached hydrogens (tertiary/aromatic N) is 3. The highest BCUT2D eigenvalue weighted by Crippen LogP contribution is 2.49. The maximum absolute atomic E-state index is 5.31. The summed E-state index contributed by atoms with van der Waals surface area (Å²) in [7, 11) is 0. The number of pyridine rings is 1. The van der Waals surface area contributed by atoms with Gasteiger partial charge in [-0.25, -0.2) is 9.97 Å². The maximum Gasteiger partial charge on any atom is 0.160 e. The molecule has 5 aromatic carbocycles. The van der Waals surface area contributed by atoms with Crippen molar-refractivity contribution in [2.75, 3.05) is 0 Å². The molecule has 0 unspecified atom stereocenters. The van der Waals surface area contributed by atoms with Crippen molar-refractivity contribution < 1.29 is 0 Å². The molecule has 2 heterocycles. The van der Waals surface area contributed by atoms with Gasteiger partial charge in [-0.2, -0.15) is 0 Å². The van der Waals surface area contributed by atoms with Crippen molar-refractivity contribution in [3.8, 4) is 44.9 Å². The van der Waals surface area contributed by atoms with Gasteiger partial charge in [0.05, 0.1) is 11.2 Å². The Labute approximate surface area is 253 Å². The molecule has 1 aliphatic rings. The molecule has 1 aliphatic carbocycles. The van der Waals surface area contributed by atoms with Crippen molar-refractivity contribution in [1.82, 2.24) is 15.0 Å². The lowest BCUT2D eigenvalue weighted by Gasteiger charge is -2.22. The van der Waals surface area contributed by atoms with Crippen LogP contribution in [-0.2, 0) is 5.41 Å². The zero-order chi connectivity index (χ0) is 28.4. The van der Waals surface area contributed by atoms with E-state index in [1.807, 2.05) is 12.3 Å². The second kappa shape index (κ2) is 9.43. The molecule has 42 heavy (non-hydrogen) atoms. The molecule has 0 fully saturated rings. The molecule has 0 saturated carbocycles. The van der Waals surface area contributed by atoms with Gasteiger partial charge >= 0.3 is 0 Å². The molecule has 200 valence electrons. The molecule has 4 heteroatoms. The van der Waals surface area contributed by atoms with Gasteiger partial charge < -0.3 is 0 Å². The second-order valence-electron chi connectivity index (χ2n) is 11.4. The van der Waals surface area contributed by atoms with Gasteiger partial charge in [-0.15, -0.1) is 0 Å². The number of halogens is 1. The Morgan fingerprint density at radius 1 is 0.571 bits per heavy atom. The van der Waals surface area contributed by atoms with Gasteiger partial charge in [0.15, 0.2) is 5.82 Å². The fraction of sp³-hybridized carbons (Fsp3) is 0.0789. The van der Waals surface area contributed by atoms with E-state index < -0.39 is 0 Å². The molecule has 3 nitrogen and oxygen atoms in total. The summed E-state index contributed by atoms with van der Waals surface area (Å²) in [5.74, 6) is 0.724. The van der Waals surface area contributed by atoms with Crippen molar-refractivity contribution in [1.29, 1.82) is 0 Å². The molecule has 0 radical (unpaired) electrons. The average Bonchev–Trinajstić information content (AvgIpc) is 3.27. The SMILES string of the molecule is CC1(C)c2ccccc2-c2ccc(-c3nc(-c4ccc(Br)c5ccccc45)c4ccc(-c5cccnc5)cc4n3)cc21. The highest BCUT2D eigenvalue weighted by atomic mass is 79.9. The monoisotopic (exact) mass is 603 g/mol. The van der Waals surface area contributed by atoms with E-state index in [1.54, 1.807) is 6.20 Å². The number of aromatic nitrogens is 3. The Kier molecular flexibility index (Phi) is 5.63. The van der Waals surface area contributed by atoms with Crippen LogP contribution in [0.2, 0.25) is 0 Å². The van der Waals surface area contributed by atoms with Crippen LogP contribution in [0.1, 0.15) is 25.0 Å². The minimum Gasteiger partial charge on any atom is -0.264 e. The molecule has 0 spiro atoms. The van der Waals surface area contributed by atoms with Crippen LogP contribution in [0.25, 0.3) is 66.6 Å². The Hall–Kier alpha value is -4.67. The van der Waals surface area contributed by atoms with Crippen LogP contribution >= 0.6 is 15.9 Å². The molecule has 7 aromatic rings. The number of hydrogen-bond donors (Lipinski definition) is 0. The molecule has 0 aliphatic heterocycles. The first-order valence-electron chi connectivity index (χ1n) is 14.1. The highest BCUT2D eigenvalue weighted by Gasteiger charge is 2.35. The first kappa shape index (κ1) is 25.1. The van der Waals surface area contributed by atoms with Crippen LogP contribution in [0, 0.1) is 0 Å². The average molecular weight is 605 g/mol. The lowest BCUT2D eigenvalue weighted by molar-refractivity contribution is 0.660. The third kappa shape index (κ3) is 3.83. The molecule has 0 N–H and O–H groups in total. The number of hydrogen-bond acceptors (Lipinski definition) is 3. The van der Waals surface area contributed by atoms with Crippen molar-refractivity contribution in [2.24, 2.45) is 0 Å². The smallest absolute Gasteiger partial charge is 0.160 e. The molecule has 8 rings (SSSR count). The molecule has 0 atom stereocenters. The third-order valence-corrected chi connectivity index (χ3v) is 9.35. The minimum absolute atomic E-state index is 0.100. The predicted octanol–water partition coefficient (Wildman–Crippen LogP) is 10.2. The summed E-state index contributed by atoms with van der Waals surface area (Å²) < 4.78 is 1.07. The summed E-state index contributed by atoms with van der Waals surface area (Å²) in [6, 6.07) is 38.7. The largest absolute Gasteiger partial charge is 0.264 e. The van der Waals surface area contributed by atoms with Crippen LogP contribution in [0.5, 0.6) is 0 Å². The van der Waals surface area contributed by atoms with Crippen LogP contribution in [0.3, 0.4) is 0 Å². The first-order chi connectivity index (χ1) is 20.5. The van der Waals surface area contributed by atoms with Gasteiger partial charge in [-0.1, -0.05) is 109 Å². The Morgan fingerprint density at radius 2 is 1.33 bits per heavy atom. The summed E-state index contributed by atoms with van der Waals surface area (Å²) in [6.07, 6.45) is 3.70. The van der Waals surface area contributed by atoms with Crippen LogP contribution in [-0.4, -0.2) is 15.0 Å². The van der Waals surface area contributed by atoms with Crippen LogP contribution < -0.4 is 0 Å². The maximum atomic E-state index is 5.31. The lowest BCUT2D eigenvalue weighted by atomic mass is 9.82. The first-order valence-corrected chi connectivity index (χ1v) is 14.9. The Balaban J connectivity index is 1.39. The molecular weight excluding hydrogens is 578 g/mol. The highest BCUT2D eigenvalue weighted by molar-refractivity contribution is 9.10. The normalized spacial score (nSPS) is 13.3. The topological polar surface area (TPSA) is 38.7 Å².